The van der Waals surface area contributed by atoms with E-state index in [0.717, 1.165) is 10.9 Å². The molecule has 0 fully saturated rings. The van der Waals surface area contributed by atoms with Crippen molar-refractivity contribution in [1.29, 1.82) is 0 Å². The second-order valence-electron chi connectivity index (χ2n) is 5.01. The zero-order valence-electron chi connectivity index (χ0n) is 11.4. The fourth-order valence-electron chi connectivity index (χ4n) is 2.44. The van der Waals surface area contributed by atoms with Crippen LogP contribution in [-0.2, 0) is 6.42 Å². The minimum Gasteiger partial charge on any atom is -0.396 e. The smallest absolute Gasteiger partial charge is 0.0502 e. The van der Waals surface area contributed by atoms with Gasteiger partial charge in [-0.1, -0.05) is 46.3 Å². The number of hydrogen-bond acceptors (Lipinski definition) is 1. The highest BCUT2D eigenvalue weighted by Gasteiger charge is 2.14. The molecular weight excluding hydrogens is 300 g/mol. The average Bonchev–Trinajstić information content (AvgIpc) is 2.40. The van der Waals surface area contributed by atoms with E-state index in [2.05, 4.69) is 60.1 Å². The van der Waals surface area contributed by atoms with Gasteiger partial charge in [0, 0.05) is 10.4 Å². The Morgan fingerprint density at radius 2 is 1.58 bits per heavy atom. The van der Waals surface area contributed by atoms with Gasteiger partial charge in [0.05, 0.1) is 6.61 Å². The van der Waals surface area contributed by atoms with Crippen LogP contribution in [-0.4, -0.2) is 11.7 Å². The predicted molar refractivity (Wildman–Crippen MR) is 83.6 cm³/mol. The summed E-state index contributed by atoms with van der Waals surface area (Å²) in [6.45, 7) is 4.45. The Labute approximate surface area is 123 Å². The van der Waals surface area contributed by atoms with Crippen molar-refractivity contribution >= 4 is 15.9 Å². The molecule has 0 heterocycles. The summed E-state index contributed by atoms with van der Waals surface area (Å²) in [5.41, 5.74) is 5.14. The summed E-state index contributed by atoms with van der Waals surface area (Å²) in [5, 5.41) is 9.68. The van der Waals surface area contributed by atoms with Gasteiger partial charge in [-0.2, -0.15) is 0 Å². The van der Waals surface area contributed by atoms with Crippen LogP contribution in [0.2, 0.25) is 0 Å². The van der Waals surface area contributed by atoms with Crippen LogP contribution >= 0.6 is 15.9 Å². The van der Waals surface area contributed by atoms with E-state index in [1.165, 1.54) is 22.3 Å². The minimum atomic E-state index is 0.160. The third-order valence-electron chi connectivity index (χ3n) is 3.66. The summed E-state index contributed by atoms with van der Waals surface area (Å²) in [6.07, 6.45) is 0.886. The molecule has 0 aliphatic carbocycles. The molecule has 1 N–H and O–H groups in total. The molecule has 2 rings (SSSR count). The monoisotopic (exact) mass is 318 g/mol. The Morgan fingerprint density at radius 1 is 1.00 bits per heavy atom. The molecule has 1 atom stereocenters. The number of rotatable bonds is 4. The van der Waals surface area contributed by atoms with Gasteiger partial charge in [-0.25, -0.2) is 0 Å². The van der Waals surface area contributed by atoms with Gasteiger partial charge in [-0.05, 0) is 54.7 Å². The molecule has 0 aliphatic heterocycles. The highest BCUT2D eigenvalue weighted by atomic mass is 79.9. The maximum Gasteiger partial charge on any atom is 0.0502 e. The number of hydrogen-bond donors (Lipinski definition) is 1. The van der Waals surface area contributed by atoms with Crippen molar-refractivity contribution in [3.05, 3.63) is 69.2 Å². The number of aliphatic hydroxyl groups is 1. The van der Waals surface area contributed by atoms with Crippen molar-refractivity contribution in [2.45, 2.75) is 26.2 Å². The molecule has 2 aromatic rings. The second-order valence-corrected chi connectivity index (χ2v) is 5.92. The summed E-state index contributed by atoms with van der Waals surface area (Å²) in [7, 11) is 0. The Balaban J connectivity index is 2.26. The van der Waals surface area contributed by atoms with Gasteiger partial charge in [-0.3, -0.25) is 0 Å². The molecule has 0 saturated heterocycles. The van der Waals surface area contributed by atoms with Crippen molar-refractivity contribution in [3.63, 3.8) is 0 Å². The Morgan fingerprint density at radius 3 is 2.11 bits per heavy atom. The van der Waals surface area contributed by atoms with Gasteiger partial charge in [-0.15, -0.1) is 0 Å². The lowest BCUT2D eigenvalue weighted by Crippen LogP contribution is -2.09. The molecule has 0 aromatic heterocycles. The summed E-state index contributed by atoms with van der Waals surface area (Å²) in [6, 6.07) is 14.6. The minimum absolute atomic E-state index is 0.160. The molecule has 100 valence electrons. The first-order valence-corrected chi connectivity index (χ1v) is 7.32. The lowest BCUT2D eigenvalue weighted by molar-refractivity contribution is 0.264. The van der Waals surface area contributed by atoms with E-state index < -0.39 is 0 Å². The quantitative estimate of drug-likeness (QED) is 0.886. The predicted octanol–water partition coefficient (Wildman–Crippen LogP) is 4.38. The fourth-order valence-corrected chi connectivity index (χ4v) is 2.70. The van der Waals surface area contributed by atoms with E-state index in [9.17, 15) is 5.11 Å². The van der Waals surface area contributed by atoms with Crippen molar-refractivity contribution in [1.82, 2.24) is 0 Å². The first kappa shape index (κ1) is 14.3. The van der Waals surface area contributed by atoms with E-state index in [1.807, 2.05) is 12.1 Å². The molecule has 0 saturated carbocycles. The summed E-state index contributed by atoms with van der Waals surface area (Å²) in [5.74, 6) is 0.160. The molecule has 0 spiro atoms. The van der Waals surface area contributed by atoms with Crippen LogP contribution in [0.5, 0.6) is 0 Å². The van der Waals surface area contributed by atoms with E-state index in [0.29, 0.717) is 0 Å². The lowest BCUT2D eigenvalue weighted by Gasteiger charge is -2.18. The summed E-state index contributed by atoms with van der Waals surface area (Å²) in [4.78, 5) is 0. The maximum absolute atomic E-state index is 9.68. The third kappa shape index (κ3) is 3.46. The maximum atomic E-state index is 9.68. The summed E-state index contributed by atoms with van der Waals surface area (Å²) >= 11 is 3.44. The van der Waals surface area contributed by atoms with Gasteiger partial charge >= 0.3 is 0 Å². The number of halogens is 1. The van der Waals surface area contributed by atoms with Crippen LogP contribution in [0.4, 0.5) is 0 Å². The first-order valence-electron chi connectivity index (χ1n) is 6.53. The van der Waals surface area contributed by atoms with Crippen molar-refractivity contribution in [2.24, 2.45) is 0 Å². The van der Waals surface area contributed by atoms with Gasteiger partial charge in [0.15, 0.2) is 0 Å². The van der Waals surface area contributed by atoms with Crippen LogP contribution < -0.4 is 0 Å². The largest absolute Gasteiger partial charge is 0.396 e. The lowest BCUT2D eigenvalue weighted by atomic mass is 9.89. The van der Waals surface area contributed by atoms with E-state index in [1.54, 1.807) is 0 Å². The molecule has 19 heavy (non-hydrogen) atoms. The average molecular weight is 319 g/mol. The summed E-state index contributed by atoms with van der Waals surface area (Å²) < 4.78 is 1.07. The van der Waals surface area contributed by atoms with E-state index >= 15 is 0 Å². The molecule has 1 unspecified atom stereocenters. The fraction of sp³-hybridized carbons (Fsp3) is 0.294. The molecule has 1 nitrogen and oxygen atoms in total. The van der Waals surface area contributed by atoms with Crippen LogP contribution in [0.25, 0.3) is 0 Å². The number of aryl methyl sites for hydroxylation is 2. The Hall–Kier alpha value is -1.12. The highest BCUT2D eigenvalue weighted by molar-refractivity contribution is 9.10. The Bertz CT molecular complexity index is 525. The van der Waals surface area contributed by atoms with Gasteiger partial charge in [0.2, 0.25) is 0 Å². The van der Waals surface area contributed by atoms with Crippen LogP contribution in [0.3, 0.4) is 0 Å². The molecule has 0 radical (unpaired) electrons. The topological polar surface area (TPSA) is 20.2 Å². The Kier molecular flexibility index (Phi) is 4.78. The van der Waals surface area contributed by atoms with Gasteiger partial charge in [0.25, 0.3) is 0 Å². The molecule has 0 bridgehead atoms. The normalized spacial score (nSPS) is 12.4. The van der Waals surface area contributed by atoms with Crippen molar-refractivity contribution in [3.8, 4) is 0 Å². The molecule has 2 aromatic carbocycles. The van der Waals surface area contributed by atoms with Crippen LogP contribution in [0, 0.1) is 13.8 Å². The molecule has 2 heteroatoms. The standard InChI is InChI=1S/C17H19BrO/c1-12-4-3-5-13(2)17(12)10-15(11-19)14-6-8-16(18)9-7-14/h3-9,15,19H,10-11H2,1-2H3. The van der Waals surface area contributed by atoms with Crippen LogP contribution in [0.15, 0.2) is 46.9 Å². The van der Waals surface area contributed by atoms with Crippen LogP contribution in [0.1, 0.15) is 28.2 Å². The molecule has 0 aliphatic rings. The molecular formula is C17H19BrO. The first-order chi connectivity index (χ1) is 9.11. The van der Waals surface area contributed by atoms with Gasteiger partial charge < -0.3 is 5.11 Å². The number of aliphatic hydroxyl groups excluding tert-OH is 1. The van der Waals surface area contributed by atoms with Crippen molar-refractivity contribution < 1.29 is 5.11 Å². The zero-order chi connectivity index (χ0) is 13.8. The van der Waals surface area contributed by atoms with E-state index in [-0.39, 0.29) is 12.5 Å². The zero-order valence-corrected chi connectivity index (χ0v) is 12.9. The van der Waals surface area contributed by atoms with E-state index in [4.69, 9.17) is 0 Å². The highest BCUT2D eigenvalue weighted by Crippen LogP contribution is 2.25. The second kappa shape index (κ2) is 6.36. The van der Waals surface area contributed by atoms with Gasteiger partial charge in [0.1, 0.15) is 0 Å². The molecule has 0 amide bonds. The van der Waals surface area contributed by atoms with Crippen molar-refractivity contribution in [2.75, 3.05) is 6.61 Å². The SMILES string of the molecule is Cc1cccc(C)c1CC(CO)c1ccc(Br)cc1. The third-order valence-corrected chi connectivity index (χ3v) is 4.19. The number of benzene rings is 2.